The summed E-state index contributed by atoms with van der Waals surface area (Å²) in [5.41, 5.74) is 6.43. The summed E-state index contributed by atoms with van der Waals surface area (Å²) in [4.78, 5) is 0. The van der Waals surface area contributed by atoms with Gasteiger partial charge in [0.15, 0.2) is 0 Å². The first-order chi connectivity index (χ1) is 9.00. The molecule has 2 aromatic carbocycles. The maximum atomic E-state index is 13.8. The lowest BCUT2D eigenvalue weighted by Gasteiger charge is -2.15. The van der Waals surface area contributed by atoms with Gasteiger partial charge in [-0.15, -0.1) is 0 Å². The second kappa shape index (κ2) is 5.87. The Kier molecular flexibility index (Phi) is 4.40. The van der Waals surface area contributed by atoms with Gasteiger partial charge in [0.2, 0.25) is 0 Å². The molecule has 0 radical (unpaired) electrons. The van der Waals surface area contributed by atoms with Gasteiger partial charge in [0, 0.05) is 22.2 Å². The SMILES string of the molecule is NC(Cc1c(F)cccc1Cl)c1cccc(Cl)c1F. The molecule has 2 N–H and O–H groups in total. The minimum Gasteiger partial charge on any atom is -0.324 e. The maximum absolute atomic E-state index is 13.8. The Bertz CT molecular complexity index is 582. The molecule has 0 amide bonds. The van der Waals surface area contributed by atoms with Crippen LogP contribution < -0.4 is 5.73 Å². The van der Waals surface area contributed by atoms with Gasteiger partial charge in [-0.3, -0.25) is 0 Å². The van der Waals surface area contributed by atoms with E-state index in [-0.39, 0.29) is 27.6 Å². The minimum absolute atomic E-state index is 0.00687. The first kappa shape index (κ1) is 14.3. The summed E-state index contributed by atoms with van der Waals surface area (Å²) < 4.78 is 27.5. The average Bonchev–Trinajstić information content (AvgIpc) is 2.37. The first-order valence-corrected chi connectivity index (χ1v) is 6.38. The highest BCUT2D eigenvalue weighted by Crippen LogP contribution is 2.27. The summed E-state index contributed by atoms with van der Waals surface area (Å²) >= 11 is 11.6. The molecule has 0 saturated heterocycles. The van der Waals surface area contributed by atoms with Crippen LogP contribution in [0.3, 0.4) is 0 Å². The molecule has 5 heteroatoms. The third-order valence-electron chi connectivity index (χ3n) is 2.87. The summed E-state index contributed by atoms with van der Waals surface area (Å²) in [5.74, 6) is -1.03. The predicted molar refractivity (Wildman–Crippen MR) is 73.5 cm³/mol. The smallest absolute Gasteiger partial charge is 0.146 e. The van der Waals surface area contributed by atoms with E-state index in [2.05, 4.69) is 0 Å². The van der Waals surface area contributed by atoms with Gasteiger partial charge in [-0.05, 0) is 24.6 Å². The lowest BCUT2D eigenvalue weighted by molar-refractivity contribution is 0.563. The van der Waals surface area contributed by atoms with Gasteiger partial charge in [0.25, 0.3) is 0 Å². The number of hydrogen-bond donors (Lipinski definition) is 1. The average molecular weight is 302 g/mol. The molecule has 0 fully saturated rings. The number of nitrogens with two attached hydrogens (primary N) is 1. The number of hydrogen-bond acceptors (Lipinski definition) is 1. The predicted octanol–water partition coefficient (Wildman–Crippen LogP) is 4.51. The molecule has 0 aromatic heterocycles. The van der Waals surface area contributed by atoms with Gasteiger partial charge < -0.3 is 5.73 Å². The van der Waals surface area contributed by atoms with E-state index in [1.165, 1.54) is 24.3 Å². The Labute approximate surface area is 119 Å². The molecule has 0 heterocycles. The summed E-state index contributed by atoms with van der Waals surface area (Å²) in [5, 5.41) is 0.269. The third kappa shape index (κ3) is 3.06. The van der Waals surface area contributed by atoms with Crippen LogP contribution >= 0.6 is 23.2 Å². The largest absolute Gasteiger partial charge is 0.324 e. The highest BCUT2D eigenvalue weighted by molar-refractivity contribution is 6.31. The van der Waals surface area contributed by atoms with Crippen molar-refractivity contribution in [2.24, 2.45) is 5.73 Å². The highest BCUT2D eigenvalue weighted by atomic mass is 35.5. The summed E-state index contributed by atoms with van der Waals surface area (Å²) in [6, 6.07) is 8.22. The van der Waals surface area contributed by atoms with Gasteiger partial charge in [-0.25, -0.2) is 8.78 Å². The van der Waals surface area contributed by atoms with Crippen LogP contribution in [0.5, 0.6) is 0 Å². The standard InChI is InChI=1S/C14H11Cl2F2N/c15-10-4-2-6-12(17)9(10)7-13(19)8-3-1-5-11(16)14(8)18/h1-6,13H,7,19H2. The first-order valence-electron chi connectivity index (χ1n) is 5.63. The van der Waals surface area contributed by atoms with E-state index < -0.39 is 17.7 Å². The minimum atomic E-state index is -0.715. The van der Waals surface area contributed by atoms with Crippen molar-refractivity contribution in [3.63, 3.8) is 0 Å². The second-order valence-corrected chi connectivity index (χ2v) is 4.97. The molecule has 2 aromatic rings. The normalized spacial score (nSPS) is 12.5. The summed E-state index contributed by atoms with van der Waals surface area (Å²) in [6.07, 6.45) is 0.1000. The van der Waals surface area contributed by atoms with E-state index in [9.17, 15) is 8.78 Å². The van der Waals surface area contributed by atoms with Gasteiger partial charge >= 0.3 is 0 Å². The van der Waals surface area contributed by atoms with Gasteiger partial charge in [0.1, 0.15) is 11.6 Å². The van der Waals surface area contributed by atoms with Crippen LogP contribution in [0.25, 0.3) is 0 Å². The van der Waals surface area contributed by atoms with E-state index in [0.717, 1.165) is 0 Å². The summed E-state index contributed by atoms with van der Waals surface area (Å²) in [7, 11) is 0. The van der Waals surface area contributed by atoms with Crippen LogP contribution in [-0.4, -0.2) is 0 Å². The van der Waals surface area contributed by atoms with Crippen molar-refractivity contribution in [3.8, 4) is 0 Å². The molecular formula is C14H11Cl2F2N. The van der Waals surface area contributed by atoms with Crippen LogP contribution in [0.15, 0.2) is 36.4 Å². The zero-order valence-corrected chi connectivity index (χ0v) is 11.3. The van der Waals surface area contributed by atoms with Gasteiger partial charge in [-0.2, -0.15) is 0 Å². The summed E-state index contributed by atoms with van der Waals surface area (Å²) in [6.45, 7) is 0. The molecule has 1 nitrogen and oxygen atoms in total. The quantitative estimate of drug-likeness (QED) is 0.886. The zero-order chi connectivity index (χ0) is 14.0. The molecule has 0 aliphatic rings. The Morgan fingerprint density at radius 3 is 2.32 bits per heavy atom. The van der Waals surface area contributed by atoms with E-state index in [0.29, 0.717) is 0 Å². The number of rotatable bonds is 3. The third-order valence-corrected chi connectivity index (χ3v) is 3.51. The molecule has 1 atom stereocenters. The fraction of sp³-hybridized carbons (Fsp3) is 0.143. The number of halogens is 4. The van der Waals surface area contributed by atoms with E-state index in [1.54, 1.807) is 12.1 Å². The van der Waals surface area contributed by atoms with Crippen molar-refractivity contribution in [3.05, 3.63) is 69.2 Å². The Balaban J connectivity index is 2.31. The zero-order valence-electron chi connectivity index (χ0n) is 9.84. The van der Waals surface area contributed by atoms with Crippen molar-refractivity contribution in [1.29, 1.82) is 0 Å². The molecule has 19 heavy (non-hydrogen) atoms. The lowest BCUT2D eigenvalue weighted by Crippen LogP contribution is -2.16. The Hall–Kier alpha value is -1.16. The molecule has 0 spiro atoms. The van der Waals surface area contributed by atoms with Crippen LogP contribution in [0.4, 0.5) is 8.78 Å². The van der Waals surface area contributed by atoms with Crippen molar-refractivity contribution < 1.29 is 8.78 Å². The molecular weight excluding hydrogens is 291 g/mol. The van der Waals surface area contributed by atoms with Crippen molar-refractivity contribution >= 4 is 23.2 Å². The van der Waals surface area contributed by atoms with E-state index >= 15 is 0 Å². The monoisotopic (exact) mass is 301 g/mol. The van der Waals surface area contributed by atoms with Crippen LogP contribution in [0, 0.1) is 11.6 Å². The van der Waals surface area contributed by atoms with Crippen LogP contribution in [0.2, 0.25) is 10.0 Å². The maximum Gasteiger partial charge on any atom is 0.146 e. The van der Waals surface area contributed by atoms with Gasteiger partial charge in [0.05, 0.1) is 5.02 Å². The molecule has 0 saturated carbocycles. The van der Waals surface area contributed by atoms with Crippen molar-refractivity contribution in [1.82, 2.24) is 0 Å². The Morgan fingerprint density at radius 2 is 1.63 bits per heavy atom. The van der Waals surface area contributed by atoms with E-state index in [1.807, 2.05) is 0 Å². The van der Waals surface area contributed by atoms with E-state index in [4.69, 9.17) is 28.9 Å². The van der Waals surface area contributed by atoms with Crippen LogP contribution in [0.1, 0.15) is 17.2 Å². The number of benzene rings is 2. The van der Waals surface area contributed by atoms with Crippen molar-refractivity contribution in [2.75, 3.05) is 0 Å². The Morgan fingerprint density at radius 1 is 1.00 bits per heavy atom. The topological polar surface area (TPSA) is 26.0 Å². The van der Waals surface area contributed by atoms with Gasteiger partial charge in [-0.1, -0.05) is 41.4 Å². The molecule has 0 aliphatic heterocycles. The fourth-order valence-corrected chi connectivity index (χ4v) is 2.29. The van der Waals surface area contributed by atoms with Crippen molar-refractivity contribution in [2.45, 2.75) is 12.5 Å². The molecule has 1 unspecified atom stereocenters. The lowest BCUT2D eigenvalue weighted by atomic mass is 9.99. The fourth-order valence-electron chi connectivity index (χ4n) is 1.86. The molecule has 100 valence electrons. The highest BCUT2D eigenvalue weighted by Gasteiger charge is 2.17. The molecule has 0 bridgehead atoms. The molecule has 2 rings (SSSR count). The molecule has 0 aliphatic carbocycles. The second-order valence-electron chi connectivity index (χ2n) is 4.15. The van der Waals surface area contributed by atoms with Crippen LogP contribution in [-0.2, 0) is 6.42 Å².